The largest absolute Gasteiger partial charge is 0.390 e. The van der Waals surface area contributed by atoms with E-state index >= 15 is 0 Å². The molecule has 1 heterocycles. The van der Waals surface area contributed by atoms with Gasteiger partial charge in [0.25, 0.3) is 0 Å². The fourth-order valence-electron chi connectivity index (χ4n) is 2.63. The standard InChI is InChI=1S/C15H23NO/c1-11(2)16-8-7-13-9-12(5-6-14(13)16)10-15(3,4)17/h5-6,9,11,17H,7-8,10H2,1-4H3. The van der Waals surface area contributed by atoms with Crippen molar-refractivity contribution in [1.82, 2.24) is 0 Å². The lowest BCUT2D eigenvalue weighted by molar-refractivity contribution is 0.0810. The van der Waals surface area contributed by atoms with Crippen LogP contribution < -0.4 is 4.90 Å². The maximum atomic E-state index is 9.85. The quantitative estimate of drug-likeness (QED) is 0.867. The van der Waals surface area contributed by atoms with E-state index in [4.69, 9.17) is 0 Å². The molecule has 0 aromatic heterocycles. The van der Waals surface area contributed by atoms with Crippen LogP contribution in [0.2, 0.25) is 0 Å². The summed E-state index contributed by atoms with van der Waals surface area (Å²) in [6.45, 7) is 9.32. The van der Waals surface area contributed by atoms with Crippen molar-refractivity contribution in [2.45, 2.75) is 52.2 Å². The molecule has 0 atom stereocenters. The molecule has 0 fully saturated rings. The minimum absolute atomic E-state index is 0.566. The fraction of sp³-hybridized carbons (Fsp3) is 0.600. The first-order valence-corrected chi connectivity index (χ1v) is 6.48. The average Bonchev–Trinajstić information content (AvgIpc) is 2.57. The molecular weight excluding hydrogens is 210 g/mol. The van der Waals surface area contributed by atoms with Crippen molar-refractivity contribution in [1.29, 1.82) is 0 Å². The Morgan fingerprint density at radius 1 is 1.35 bits per heavy atom. The van der Waals surface area contributed by atoms with Gasteiger partial charge in [0.1, 0.15) is 0 Å². The fourth-order valence-corrected chi connectivity index (χ4v) is 2.63. The predicted molar refractivity (Wildman–Crippen MR) is 72.6 cm³/mol. The molecule has 0 radical (unpaired) electrons. The Bertz CT molecular complexity index is 404. The summed E-state index contributed by atoms with van der Waals surface area (Å²) < 4.78 is 0. The first-order chi connectivity index (χ1) is 7.87. The summed E-state index contributed by atoms with van der Waals surface area (Å²) in [5.41, 5.74) is 3.42. The third kappa shape index (κ3) is 2.81. The number of aliphatic hydroxyl groups is 1. The molecule has 0 saturated heterocycles. The molecule has 1 N–H and O–H groups in total. The Labute approximate surface area is 104 Å². The van der Waals surface area contributed by atoms with Crippen LogP contribution in [-0.4, -0.2) is 23.3 Å². The molecule has 0 unspecified atom stereocenters. The predicted octanol–water partition coefficient (Wildman–Crippen LogP) is 2.77. The zero-order valence-electron chi connectivity index (χ0n) is 11.3. The molecule has 0 saturated carbocycles. The lowest BCUT2D eigenvalue weighted by Crippen LogP contribution is -2.28. The molecule has 2 heteroatoms. The Morgan fingerprint density at radius 2 is 2.06 bits per heavy atom. The first kappa shape index (κ1) is 12.4. The van der Waals surface area contributed by atoms with E-state index in [2.05, 4.69) is 36.9 Å². The summed E-state index contributed by atoms with van der Waals surface area (Å²) in [7, 11) is 0. The van der Waals surface area contributed by atoms with Gasteiger partial charge in [-0.25, -0.2) is 0 Å². The van der Waals surface area contributed by atoms with Gasteiger partial charge in [0.2, 0.25) is 0 Å². The van der Waals surface area contributed by atoms with E-state index in [9.17, 15) is 5.11 Å². The molecule has 2 rings (SSSR count). The molecule has 0 spiro atoms. The van der Waals surface area contributed by atoms with Crippen molar-refractivity contribution in [3.05, 3.63) is 29.3 Å². The third-order valence-corrected chi connectivity index (χ3v) is 3.34. The monoisotopic (exact) mass is 233 g/mol. The molecule has 1 aromatic carbocycles. The van der Waals surface area contributed by atoms with Gasteiger partial charge in [-0.2, -0.15) is 0 Å². The van der Waals surface area contributed by atoms with E-state index in [-0.39, 0.29) is 0 Å². The number of nitrogens with zero attached hydrogens (tertiary/aromatic N) is 1. The summed E-state index contributed by atoms with van der Waals surface area (Å²) in [4.78, 5) is 2.45. The van der Waals surface area contributed by atoms with E-state index in [0.717, 1.165) is 19.4 Å². The van der Waals surface area contributed by atoms with Crippen molar-refractivity contribution in [2.24, 2.45) is 0 Å². The zero-order valence-corrected chi connectivity index (χ0v) is 11.3. The Hall–Kier alpha value is -1.02. The van der Waals surface area contributed by atoms with Crippen LogP contribution in [0, 0.1) is 0 Å². The normalized spacial score (nSPS) is 15.5. The van der Waals surface area contributed by atoms with E-state index in [1.807, 2.05) is 13.8 Å². The second kappa shape index (κ2) is 4.34. The van der Waals surface area contributed by atoms with Gasteiger partial charge in [-0.1, -0.05) is 12.1 Å². The number of benzene rings is 1. The van der Waals surface area contributed by atoms with Crippen LogP contribution in [0.5, 0.6) is 0 Å². The van der Waals surface area contributed by atoms with Crippen LogP contribution in [0.3, 0.4) is 0 Å². The van der Waals surface area contributed by atoms with Crippen LogP contribution in [0.15, 0.2) is 18.2 Å². The third-order valence-electron chi connectivity index (χ3n) is 3.34. The van der Waals surface area contributed by atoms with Crippen LogP contribution >= 0.6 is 0 Å². The highest BCUT2D eigenvalue weighted by atomic mass is 16.3. The van der Waals surface area contributed by atoms with Crippen molar-refractivity contribution in [2.75, 3.05) is 11.4 Å². The average molecular weight is 233 g/mol. The van der Waals surface area contributed by atoms with Crippen LogP contribution in [-0.2, 0) is 12.8 Å². The lowest BCUT2D eigenvalue weighted by Gasteiger charge is -2.24. The van der Waals surface area contributed by atoms with Crippen molar-refractivity contribution >= 4 is 5.69 Å². The van der Waals surface area contributed by atoms with Gasteiger partial charge < -0.3 is 10.0 Å². The topological polar surface area (TPSA) is 23.5 Å². The molecule has 94 valence electrons. The summed E-state index contributed by atoms with van der Waals surface area (Å²) in [6.07, 6.45) is 1.86. The highest BCUT2D eigenvalue weighted by Crippen LogP contribution is 2.31. The summed E-state index contributed by atoms with van der Waals surface area (Å²) in [5, 5.41) is 9.85. The molecule has 1 aromatic rings. The maximum absolute atomic E-state index is 9.85. The smallest absolute Gasteiger partial charge is 0.0631 e. The van der Waals surface area contributed by atoms with E-state index in [1.165, 1.54) is 16.8 Å². The SMILES string of the molecule is CC(C)N1CCc2cc(CC(C)(C)O)ccc21. The van der Waals surface area contributed by atoms with Gasteiger partial charge in [0, 0.05) is 24.7 Å². The molecular formula is C15H23NO. The molecule has 0 amide bonds. The summed E-state index contributed by atoms with van der Waals surface area (Å²) in [5.74, 6) is 0. The lowest BCUT2D eigenvalue weighted by atomic mass is 9.96. The summed E-state index contributed by atoms with van der Waals surface area (Å²) >= 11 is 0. The zero-order chi connectivity index (χ0) is 12.6. The first-order valence-electron chi connectivity index (χ1n) is 6.48. The van der Waals surface area contributed by atoms with Gasteiger partial charge in [-0.05, 0) is 51.3 Å². The van der Waals surface area contributed by atoms with Crippen LogP contribution in [0.1, 0.15) is 38.8 Å². The van der Waals surface area contributed by atoms with E-state index in [0.29, 0.717) is 6.04 Å². The highest BCUT2D eigenvalue weighted by Gasteiger charge is 2.22. The summed E-state index contributed by atoms with van der Waals surface area (Å²) in [6, 6.07) is 7.19. The van der Waals surface area contributed by atoms with E-state index < -0.39 is 5.60 Å². The highest BCUT2D eigenvalue weighted by molar-refractivity contribution is 5.59. The minimum atomic E-state index is -0.620. The Morgan fingerprint density at radius 3 is 2.65 bits per heavy atom. The van der Waals surface area contributed by atoms with E-state index in [1.54, 1.807) is 0 Å². The Balaban J connectivity index is 2.23. The van der Waals surface area contributed by atoms with Crippen molar-refractivity contribution in [3.8, 4) is 0 Å². The van der Waals surface area contributed by atoms with Gasteiger partial charge in [0.05, 0.1) is 5.60 Å². The van der Waals surface area contributed by atoms with Crippen LogP contribution in [0.25, 0.3) is 0 Å². The van der Waals surface area contributed by atoms with Gasteiger partial charge >= 0.3 is 0 Å². The molecule has 0 aliphatic carbocycles. The number of fused-ring (bicyclic) bond motifs is 1. The van der Waals surface area contributed by atoms with Gasteiger partial charge in [-0.15, -0.1) is 0 Å². The van der Waals surface area contributed by atoms with Gasteiger partial charge in [0.15, 0.2) is 0 Å². The second-order valence-corrected chi connectivity index (χ2v) is 5.99. The number of hydrogen-bond donors (Lipinski definition) is 1. The molecule has 1 aliphatic heterocycles. The Kier molecular flexibility index (Phi) is 3.17. The van der Waals surface area contributed by atoms with Crippen molar-refractivity contribution < 1.29 is 5.11 Å². The maximum Gasteiger partial charge on any atom is 0.0631 e. The number of rotatable bonds is 3. The van der Waals surface area contributed by atoms with Crippen molar-refractivity contribution in [3.63, 3.8) is 0 Å². The number of anilines is 1. The van der Waals surface area contributed by atoms with Crippen LogP contribution in [0.4, 0.5) is 5.69 Å². The number of hydrogen-bond acceptors (Lipinski definition) is 2. The minimum Gasteiger partial charge on any atom is -0.390 e. The molecule has 17 heavy (non-hydrogen) atoms. The second-order valence-electron chi connectivity index (χ2n) is 5.99. The van der Waals surface area contributed by atoms with Gasteiger partial charge in [-0.3, -0.25) is 0 Å². The molecule has 2 nitrogen and oxygen atoms in total. The molecule has 1 aliphatic rings. The molecule has 0 bridgehead atoms.